The summed E-state index contributed by atoms with van der Waals surface area (Å²) in [5.41, 5.74) is 1.11. The molecule has 0 bridgehead atoms. The summed E-state index contributed by atoms with van der Waals surface area (Å²) in [6.45, 7) is 1.98. The molecule has 0 aromatic carbocycles. The summed E-state index contributed by atoms with van der Waals surface area (Å²) in [4.78, 5) is 0. The summed E-state index contributed by atoms with van der Waals surface area (Å²) in [5.74, 6) is 0. The van der Waals surface area contributed by atoms with Crippen LogP contribution in [0, 0.1) is 0 Å². The summed E-state index contributed by atoms with van der Waals surface area (Å²) in [6, 6.07) is 0. The van der Waals surface area contributed by atoms with E-state index in [2.05, 4.69) is 0 Å². The average Bonchev–Trinajstić information content (AvgIpc) is 2.01. The lowest BCUT2D eigenvalue weighted by Gasteiger charge is -1.88. The Morgan fingerprint density at radius 3 is 2.27 bits per heavy atom. The Morgan fingerprint density at radius 2 is 1.73 bits per heavy atom. The van der Waals surface area contributed by atoms with Crippen LogP contribution in [0.4, 0.5) is 0 Å². The van der Waals surface area contributed by atoms with Gasteiger partial charge in [0.1, 0.15) is 0 Å². The second kappa shape index (κ2) is 6.93. The lowest BCUT2D eigenvalue weighted by molar-refractivity contribution is 0.337. The van der Waals surface area contributed by atoms with Crippen molar-refractivity contribution >= 4 is 0 Å². The van der Waals surface area contributed by atoms with Crippen molar-refractivity contribution in [1.82, 2.24) is 0 Å². The first-order valence-corrected chi connectivity index (χ1v) is 3.37. The topological polar surface area (TPSA) is 18.5 Å². The van der Waals surface area contributed by atoms with Gasteiger partial charge in [-0.05, 0) is 24.6 Å². The van der Waals surface area contributed by atoms with Gasteiger partial charge in [-0.1, -0.05) is 6.08 Å². The second-order valence-electron chi connectivity index (χ2n) is 2.01. The SMILES string of the molecule is CO/C=C/C=C(C)\C=C\OC. The van der Waals surface area contributed by atoms with Crippen LogP contribution in [0.3, 0.4) is 0 Å². The number of ether oxygens (including phenoxy) is 2. The molecule has 0 saturated carbocycles. The molecule has 0 atom stereocenters. The number of rotatable bonds is 4. The minimum atomic E-state index is 1.11. The average molecular weight is 154 g/mol. The normalized spacial score (nSPS) is 12.8. The fourth-order valence-corrected chi connectivity index (χ4v) is 0.501. The highest BCUT2D eigenvalue weighted by Crippen LogP contribution is 1.94. The zero-order chi connectivity index (χ0) is 8.53. The fraction of sp³-hybridized carbons (Fsp3) is 0.333. The van der Waals surface area contributed by atoms with Gasteiger partial charge in [0, 0.05) is 0 Å². The van der Waals surface area contributed by atoms with E-state index in [4.69, 9.17) is 9.47 Å². The molecule has 0 heterocycles. The zero-order valence-electron chi connectivity index (χ0n) is 7.20. The first-order valence-electron chi connectivity index (χ1n) is 3.37. The molecule has 0 spiro atoms. The van der Waals surface area contributed by atoms with Crippen LogP contribution in [-0.2, 0) is 9.47 Å². The molecule has 0 aromatic rings. The minimum absolute atomic E-state index is 1.11. The molecule has 0 rings (SSSR count). The van der Waals surface area contributed by atoms with Gasteiger partial charge in [0.05, 0.1) is 26.7 Å². The maximum Gasteiger partial charge on any atom is 0.0827 e. The molecule has 0 radical (unpaired) electrons. The molecule has 0 aliphatic carbocycles. The third-order valence-electron chi connectivity index (χ3n) is 1.04. The third kappa shape index (κ3) is 6.71. The molecule has 0 aliphatic rings. The van der Waals surface area contributed by atoms with Gasteiger partial charge in [-0.25, -0.2) is 0 Å². The van der Waals surface area contributed by atoms with Crippen molar-refractivity contribution in [3.8, 4) is 0 Å². The van der Waals surface area contributed by atoms with Gasteiger partial charge in [0.15, 0.2) is 0 Å². The fourth-order valence-electron chi connectivity index (χ4n) is 0.501. The molecule has 11 heavy (non-hydrogen) atoms. The van der Waals surface area contributed by atoms with Gasteiger partial charge >= 0.3 is 0 Å². The summed E-state index contributed by atoms with van der Waals surface area (Å²) >= 11 is 0. The quantitative estimate of drug-likeness (QED) is 0.456. The maximum atomic E-state index is 4.74. The molecule has 2 heteroatoms. The summed E-state index contributed by atoms with van der Waals surface area (Å²) in [5, 5.41) is 0. The van der Waals surface area contributed by atoms with Crippen LogP contribution in [0.25, 0.3) is 0 Å². The van der Waals surface area contributed by atoms with Crippen LogP contribution < -0.4 is 0 Å². The zero-order valence-corrected chi connectivity index (χ0v) is 7.20. The highest BCUT2D eigenvalue weighted by molar-refractivity contribution is 5.19. The molecule has 0 N–H and O–H groups in total. The number of allylic oxidation sites excluding steroid dienone is 4. The Hall–Kier alpha value is -1.18. The van der Waals surface area contributed by atoms with Crippen molar-refractivity contribution in [3.63, 3.8) is 0 Å². The molecular formula is C9H14O2. The molecule has 62 valence electrons. The summed E-state index contributed by atoms with van der Waals surface area (Å²) in [7, 11) is 3.24. The Labute approximate surface area is 67.8 Å². The van der Waals surface area contributed by atoms with Crippen LogP contribution in [0.2, 0.25) is 0 Å². The molecule has 0 aliphatic heterocycles. The van der Waals surface area contributed by atoms with Crippen LogP contribution >= 0.6 is 0 Å². The van der Waals surface area contributed by atoms with E-state index in [9.17, 15) is 0 Å². The van der Waals surface area contributed by atoms with E-state index in [1.54, 1.807) is 26.7 Å². The highest BCUT2D eigenvalue weighted by atomic mass is 16.5. The first kappa shape index (κ1) is 9.82. The van der Waals surface area contributed by atoms with Crippen molar-refractivity contribution < 1.29 is 9.47 Å². The lowest BCUT2D eigenvalue weighted by Crippen LogP contribution is -1.69. The largest absolute Gasteiger partial charge is 0.504 e. The van der Waals surface area contributed by atoms with E-state index in [0.717, 1.165) is 5.57 Å². The van der Waals surface area contributed by atoms with Crippen molar-refractivity contribution in [3.05, 3.63) is 36.3 Å². The van der Waals surface area contributed by atoms with Crippen molar-refractivity contribution in [2.45, 2.75) is 6.92 Å². The predicted molar refractivity (Wildman–Crippen MR) is 46.1 cm³/mol. The Bertz CT molecular complexity index is 166. The van der Waals surface area contributed by atoms with Crippen LogP contribution in [-0.4, -0.2) is 14.2 Å². The number of methoxy groups -OCH3 is 2. The number of hydrogen-bond acceptors (Lipinski definition) is 2. The summed E-state index contributed by atoms with van der Waals surface area (Å²) < 4.78 is 9.46. The minimum Gasteiger partial charge on any atom is -0.504 e. The van der Waals surface area contributed by atoms with Crippen LogP contribution in [0.5, 0.6) is 0 Å². The van der Waals surface area contributed by atoms with E-state index in [0.29, 0.717) is 0 Å². The van der Waals surface area contributed by atoms with Crippen molar-refractivity contribution in [2.24, 2.45) is 0 Å². The van der Waals surface area contributed by atoms with Gasteiger partial charge in [-0.2, -0.15) is 0 Å². The Morgan fingerprint density at radius 1 is 1.09 bits per heavy atom. The monoisotopic (exact) mass is 154 g/mol. The molecule has 2 nitrogen and oxygen atoms in total. The van der Waals surface area contributed by atoms with Crippen molar-refractivity contribution in [2.75, 3.05) is 14.2 Å². The summed E-state index contributed by atoms with van der Waals surface area (Å²) in [6.07, 6.45) is 8.88. The first-order chi connectivity index (χ1) is 5.31. The molecular weight excluding hydrogens is 140 g/mol. The van der Waals surface area contributed by atoms with E-state index in [1.165, 1.54) is 0 Å². The van der Waals surface area contributed by atoms with Crippen molar-refractivity contribution in [1.29, 1.82) is 0 Å². The van der Waals surface area contributed by atoms with Gasteiger partial charge < -0.3 is 9.47 Å². The van der Waals surface area contributed by atoms with Crippen LogP contribution in [0.1, 0.15) is 6.92 Å². The lowest BCUT2D eigenvalue weighted by atomic mass is 10.3. The van der Waals surface area contributed by atoms with E-state index < -0.39 is 0 Å². The van der Waals surface area contributed by atoms with Crippen LogP contribution in [0.15, 0.2) is 36.3 Å². The third-order valence-corrected chi connectivity index (χ3v) is 1.04. The smallest absolute Gasteiger partial charge is 0.0827 e. The molecule has 0 amide bonds. The van der Waals surface area contributed by atoms with Gasteiger partial charge in [-0.3, -0.25) is 0 Å². The molecule has 0 saturated heterocycles. The predicted octanol–water partition coefficient (Wildman–Crippen LogP) is 2.25. The van der Waals surface area contributed by atoms with Gasteiger partial charge in [0.2, 0.25) is 0 Å². The standard InChI is InChI=1S/C9H14O2/c1-9(6-8-11-3)5-4-7-10-2/h4-8H,1-3H3/b7-4+,8-6+,9-5-. The molecule has 0 fully saturated rings. The van der Waals surface area contributed by atoms with E-state index in [-0.39, 0.29) is 0 Å². The van der Waals surface area contributed by atoms with E-state index in [1.807, 2.05) is 25.2 Å². The van der Waals surface area contributed by atoms with Gasteiger partial charge in [0.25, 0.3) is 0 Å². The maximum absolute atomic E-state index is 4.74. The number of hydrogen-bond donors (Lipinski definition) is 0. The highest BCUT2D eigenvalue weighted by Gasteiger charge is 1.76. The Kier molecular flexibility index (Phi) is 6.19. The Balaban J connectivity index is 3.80. The van der Waals surface area contributed by atoms with Gasteiger partial charge in [-0.15, -0.1) is 0 Å². The van der Waals surface area contributed by atoms with E-state index >= 15 is 0 Å². The molecule has 0 unspecified atom stereocenters. The molecule has 0 aromatic heterocycles. The second-order valence-corrected chi connectivity index (χ2v) is 2.01.